The summed E-state index contributed by atoms with van der Waals surface area (Å²) in [6.45, 7) is 2.10. The third-order valence-corrected chi connectivity index (χ3v) is 4.00. The van der Waals surface area contributed by atoms with Gasteiger partial charge in [-0.1, -0.05) is 37.5 Å². The molecule has 0 amide bonds. The molecule has 94 valence electrons. The lowest BCUT2D eigenvalue weighted by Crippen LogP contribution is -2.32. The van der Waals surface area contributed by atoms with E-state index in [1.807, 2.05) is 24.3 Å². The molecular formula is C15H19BO2. The fourth-order valence-corrected chi connectivity index (χ4v) is 3.04. The van der Waals surface area contributed by atoms with Crippen molar-refractivity contribution in [3.8, 4) is 11.5 Å². The second-order valence-electron chi connectivity index (χ2n) is 5.14. The molecule has 0 N–H and O–H groups in total. The first-order valence-corrected chi connectivity index (χ1v) is 6.97. The highest BCUT2D eigenvalue weighted by molar-refractivity contribution is 6.56. The number of rotatable bonds is 2. The highest BCUT2D eigenvalue weighted by Crippen LogP contribution is 2.38. The summed E-state index contributed by atoms with van der Waals surface area (Å²) in [5, 5.41) is 0. The summed E-state index contributed by atoms with van der Waals surface area (Å²) in [5.74, 6) is 2.39. The molecule has 2 nitrogen and oxygen atoms in total. The number of allylic oxidation sites excluding steroid dienone is 2. The Hall–Kier alpha value is -1.38. The van der Waals surface area contributed by atoms with Crippen molar-refractivity contribution in [2.45, 2.75) is 39.0 Å². The van der Waals surface area contributed by atoms with E-state index in [4.69, 9.17) is 9.31 Å². The second-order valence-corrected chi connectivity index (χ2v) is 5.14. The molecule has 0 unspecified atom stereocenters. The van der Waals surface area contributed by atoms with Crippen LogP contribution in [0, 0.1) is 5.92 Å². The van der Waals surface area contributed by atoms with Crippen LogP contribution in [-0.2, 0) is 0 Å². The first-order valence-electron chi connectivity index (χ1n) is 6.97. The number of hydrogen-bond donors (Lipinski definition) is 0. The summed E-state index contributed by atoms with van der Waals surface area (Å²) in [4.78, 5) is 0. The van der Waals surface area contributed by atoms with E-state index in [1.165, 1.54) is 37.6 Å². The molecule has 1 fully saturated rings. The third-order valence-electron chi connectivity index (χ3n) is 4.00. The van der Waals surface area contributed by atoms with Crippen molar-refractivity contribution in [1.82, 2.24) is 0 Å². The smallest absolute Gasteiger partial charge is 0.519 e. The van der Waals surface area contributed by atoms with Crippen molar-refractivity contribution < 1.29 is 9.31 Å². The average molecular weight is 242 g/mol. The maximum absolute atomic E-state index is 5.92. The van der Waals surface area contributed by atoms with Crippen molar-refractivity contribution in [2.24, 2.45) is 5.92 Å². The van der Waals surface area contributed by atoms with Gasteiger partial charge in [0.25, 0.3) is 0 Å². The predicted molar refractivity (Wildman–Crippen MR) is 73.8 cm³/mol. The van der Waals surface area contributed by atoms with Crippen molar-refractivity contribution in [3.63, 3.8) is 0 Å². The molecule has 1 saturated carbocycles. The summed E-state index contributed by atoms with van der Waals surface area (Å²) in [7, 11) is -0.199. The van der Waals surface area contributed by atoms with Crippen LogP contribution in [0.25, 0.3) is 0 Å². The zero-order chi connectivity index (χ0) is 12.4. The van der Waals surface area contributed by atoms with Crippen molar-refractivity contribution in [3.05, 3.63) is 35.8 Å². The highest BCUT2D eigenvalue weighted by Gasteiger charge is 2.38. The van der Waals surface area contributed by atoms with E-state index in [0.717, 1.165) is 11.5 Å². The molecule has 3 heteroatoms. The van der Waals surface area contributed by atoms with Crippen LogP contribution < -0.4 is 9.31 Å². The van der Waals surface area contributed by atoms with E-state index in [2.05, 4.69) is 13.0 Å². The normalized spacial score (nSPS) is 20.3. The quantitative estimate of drug-likeness (QED) is 0.729. The minimum atomic E-state index is -0.199. The average Bonchev–Trinajstić information content (AvgIpc) is 2.84. The monoisotopic (exact) mass is 242 g/mol. The maximum atomic E-state index is 5.92. The molecule has 0 radical (unpaired) electrons. The first-order chi connectivity index (χ1) is 8.88. The molecule has 1 aliphatic carbocycles. The Kier molecular flexibility index (Phi) is 3.31. The van der Waals surface area contributed by atoms with Gasteiger partial charge in [-0.15, -0.1) is 0 Å². The lowest BCUT2D eigenvalue weighted by Gasteiger charge is -2.24. The fraction of sp³-hybridized carbons (Fsp3) is 0.467. The molecule has 0 bridgehead atoms. The standard InChI is InChI=1S/C15H19BO2/c1-2-13(12-8-4-3-5-9-12)16-17-14-10-6-7-11-15(14)18-16/h2,6-7,10-12H,3-5,8-9H2,1H3/b13-2+. The minimum absolute atomic E-state index is 0.199. The largest absolute Gasteiger partial charge is 0.628 e. The van der Waals surface area contributed by atoms with E-state index in [1.54, 1.807) is 0 Å². The number of hydrogen-bond acceptors (Lipinski definition) is 2. The van der Waals surface area contributed by atoms with Gasteiger partial charge in [0.05, 0.1) is 0 Å². The van der Waals surface area contributed by atoms with Crippen LogP contribution in [0.4, 0.5) is 0 Å². The number of fused-ring (bicyclic) bond motifs is 1. The Morgan fingerprint density at radius 1 is 1.11 bits per heavy atom. The lowest BCUT2D eigenvalue weighted by molar-refractivity contribution is 0.397. The molecule has 0 saturated heterocycles. The summed E-state index contributed by atoms with van der Waals surface area (Å²) in [6, 6.07) is 7.92. The Bertz CT molecular complexity index is 425. The maximum Gasteiger partial charge on any atom is 0.628 e. The van der Waals surface area contributed by atoms with Gasteiger partial charge in [0.1, 0.15) is 11.5 Å². The summed E-state index contributed by atoms with van der Waals surface area (Å²) < 4.78 is 11.8. The first kappa shape index (κ1) is 11.7. The van der Waals surface area contributed by atoms with Gasteiger partial charge in [-0.05, 0) is 43.3 Å². The Balaban J connectivity index is 1.75. The van der Waals surface area contributed by atoms with Gasteiger partial charge in [-0.2, -0.15) is 0 Å². The zero-order valence-corrected chi connectivity index (χ0v) is 10.9. The molecule has 1 aromatic rings. The summed E-state index contributed by atoms with van der Waals surface area (Å²) in [5.41, 5.74) is 1.32. The van der Waals surface area contributed by atoms with E-state index >= 15 is 0 Å². The zero-order valence-electron chi connectivity index (χ0n) is 10.9. The van der Waals surface area contributed by atoms with Crippen LogP contribution in [0.15, 0.2) is 35.8 Å². The molecule has 1 aromatic carbocycles. The van der Waals surface area contributed by atoms with Gasteiger partial charge in [-0.25, -0.2) is 0 Å². The molecular weight excluding hydrogens is 223 g/mol. The van der Waals surface area contributed by atoms with Crippen LogP contribution in [0.5, 0.6) is 11.5 Å². The second kappa shape index (κ2) is 5.09. The topological polar surface area (TPSA) is 18.5 Å². The van der Waals surface area contributed by atoms with Gasteiger partial charge < -0.3 is 9.31 Å². The van der Waals surface area contributed by atoms with Gasteiger partial charge in [-0.3, -0.25) is 0 Å². The van der Waals surface area contributed by atoms with Crippen LogP contribution in [0.1, 0.15) is 39.0 Å². The summed E-state index contributed by atoms with van der Waals surface area (Å²) >= 11 is 0. The van der Waals surface area contributed by atoms with Gasteiger partial charge in [0.2, 0.25) is 0 Å². The lowest BCUT2D eigenvalue weighted by atomic mass is 9.66. The van der Waals surface area contributed by atoms with Crippen molar-refractivity contribution in [1.29, 1.82) is 0 Å². The third kappa shape index (κ3) is 2.14. The van der Waals surface area contributed by atoms with Crippen LogP contribution in [0.3, 0.4) is 0 Å². The molecule has 0 aromatic heterocycles. The van der Waals surface area contributed by atoms with E-state index in [9.17, 15) is 0 Å². The predicted octanol–water partition coefficient (Wildman–Crippen LogP) is 4.01. The van der Waals surface area contributed by atoms with Gasteiger partial charge in [0, 0.05) is 0 Å². The van der Waals surface area contributed by atoms with Crippen molar-refractivity contribution >= 4 is 7.12 Å². The van der Waals surface area contributed by atoms with E-state index in [0.29, 0.717) is 5.92 Å². The molecule has 0 spiro atoms. The van der Waals surface area contributed by atoms with Crippen LogP contribution in [-0.4, -0.2) is 7.12 Å². The Labute approximate surface area is 109 Å². The molecule has 18 heavy (non-hydrogen) atoms. The Morgan fingerprint density at radius 2 is 1.72 bits per heavy atom. The van der Waals surface area contributed by atoms with E-state index < -0.39 is 0 Å². The number of benzene rings is 1. The SMILES string of the molecule is C/C=C(/B1Oc2ccccc2O1)C1CCCCC1. The van der Waals surface area contributed by atoms with Gasteiger partial charge in [0.15, 0.2) is 0 Å². The highest BCUT2D eigenvalue weighted by atomic mass is 16.6. The summed E-state index contributed by atoms with van der Waals surface area (Å²) in [6.07, 6.45) is 8.79. The van der Waals surface area contributed by atoms with E-state index in [-0.39, 0.29) is 7.12 Å². The Morgan fingerprint density at radius 3 is 2.28 bits per heavy atom. The van der Waals surface area contributed by atoms with Gasteiger partial charge >= 0.3 is 7.12 Å². The molecule has 1 aliphatic heterocycles. The number of para-hydroxylation sites is 2. The fourth-order valence-electron chi connectivity index (χ4n) is 3.04. The molecule has 2 aliphatic rings. The molecule has 3 rings (SSSR count). The van der Waals surface area contributed by atoms with Crippen LogP contribution in [0.2, 0.25) is 0 Å². The van der Waals surface area contributed by atoms with Crippen molar-refractivity contribution in [2.75, 3.05) is 0 Å². The minimum Gasteiger partial charge on any atom is -0.519 e. The molecule has 1 heterocycles. The van der Waals surface area contributed by atoms with Crippen LogP contribution >= 0.6 is 0 Å². The molecule has 0 atom stereocenters.